The van der Waals surface area contributed by atoms with Gasteiger partial charge < -0.3 is 5.73 Å². The molecule has 1 fully saturated rings. The molecule has 2 atom stereocenters. The number of sulfonamides is 1. The van der Waals surface area contributed by atoms with Gasteiger partial charge in [-0.05, 0) is 37.4 Å². The quantitative estimate of drug-likeness (QED) is 0.823. The van der Waals surface area contributed by atoms with Gasteiger partial charge in [-0.2, -0.15) is 0 Å². The van der Waals surface area contributed by atoms with E-state index in [9.17, 15) is 16.8 Å². The highest BCUT2D eigenvalue weighted by Gasteiger charge is 2.31. The monoisotopic (exact) mass is 346 g/mol. The van der Waals surface area contributed by atoms with Crippen LogP contribution in [0.5, 0.6) is 0 Å². The standard InChI is InChI=1S/C14H22N2O4S2/c1-21(17,18)13-8-4-5-9-14(13)22(19,20)16-12-7-3-2-6-11(12)10-15/h4-5,8-9,11-12,16H,2-3,6-7,10,15H2,1H3/t11-,12-/m0/s1. The molecule has 2 rings (SSSR count). The molecule has 0 aromatic heterocycles. The van der Waals surface area contributed by atoms with Gasteiger partial charge in [-0.15, -0.1) is 0 Å². The second kappa shape index (κ2) is 6.66. The third-order valence-electron chi connectivity index (χ3n) is 4.06. The minimum atomic E-state index is -3.90. The number of hydrogen-bond acceptors (Lipinski definition) is 5. The lowest BCUT2D eigenvalue weighted by molar-refractivity contribution is 0.296. The van der Waals surface area contributed by atoms with Crippen molar-refractivity contribution in [2.75, 3.05) is 12.8 Å². The average molecular weight is 346 g/mol. The lowest BCUT2D eigenvalue weighted by Gasteiger charge is -2.31. The summed E-state index contributed by atoms with van der Waals surface area (Å²) in [5.41, 5.74) is 5.72. The molecular formula is C14H22N2O4S2. The van der Waals surface area contributed by atoms with E-state index in [-0.39, 0.29) is 21.8 Å². The van der Waals surface area contributed by atoms with Crippen LogP contribution in [0, 0.1) is 5.92 Å². The molecule has 1 aliphatic rings. The molecule has 6 nitrogen and oxygen atoms in total. The van der Waals surface area contributed by atoms with Crippen molar-refractivity contribution >= 4 is 19.9 Å². The third kappa shape index (κ3) is 3.87. The van der Waals surface area contributed by atoms with Crippen LogP contribution in [-0.4, -0.2) is 35.7 Å². The van der Waals surface area contributed by atoms with Crippen LogP contribution in [0.1, 0.15) is 25.7 Å². The lowest BCUT2D eigenvalue weighted by Crippen LogP contribution is -2.44. The summed E-state index contributed by atoms with van der Waals surface area (Å²) in [7, 11) is -7.52. The molecule has 1 aromatic carbocycles. The zero-order chi connectivity index (χ0) is 16.4. The van der Waals surface area contributed by atoms with Gasteiger partial charge in [-0.25, -0.2) is 21.6 Å². The highest BCUT2D eigenvalue weighted by Crippen LogP contribution is 2.27. The number of nitrogens with one attached hydrogen (secondary N) is 1. The fraction of sp³-hybridized carbons (Fsp3) is 0.571. The Labute approximate surface area is 132 Å². The van der Waals surface area contributed by atoms with Crippen molar-refractivity contribution in [2.45, 2.75) is 41.5 Å². The van der Waals surface area contributed by atoms with Gasteiger partial charge in [0, 0.05) is 12.3 Å². The van der Waals surface area contributed by atoms with Crippen molar-refractivity contribution in [1.82, 2.24) is 4.72 Å². The van der Waals surface area contributed by atoms with Crippen LogP contribution in [0.15, 0.2) is 34.1 Å². The molecule has 1 saturated carbocycles. The van der Waals surface area contributed by atoms with Gasteiger partial charge in [0.1, 0.15) is 4.90 Å². The first-order chi connectivity index (χ1) is 10.3. The maximum Gasteiger partial charge on any atom is 0.242 e. The molecule has 0 aliphatic heterocycles. The summed E-state index contributed by atoms with van der Waals surface area (Å²) in [6.45, 7) is 0.418. The predicted octanol–water partition coefficient (Wildman–Crippen LogP) is 0.886. The zero-order valence-corrected chi connectivity index (χ0v) is 14.2. The van der Waals surface area contributed by atoms with Crippen molar-refractivity contribution < 1.29 is 16.8 Å². The van der Waals surface area contributed by atoms with Crippen molar-refractivity contribution in [3.63, 3.8) is 0 Å². The van der Waals surface area contributed by atoms with Crippen molar-refractivity contribution in [3.8, 4) is 0 Å². The van der Waals surface area contributed by atoms with Crippen molar-refractivity contribution in [2.24, 2.45) is 11.7 Å². The molecule has 0 heterocycles. The fourth-order valence-electron chi connectivity index (χ4n) is 2.89. The maximum atomic E-state index is 12.6. The number of nitrogens with two attached hydrogens (primary N) is 1. The molecule has 0 radical (unpaired) electrons. The van der Waals surface area contributed by atoms with Gasteiger partial charge in [-0.1, -0.05) is 25.0 Å². The highest BCUT2D eigenvalue weighted by molar-refractivity contribution is 7.93. The summed E-state index contributed by atoms with van der Waals surface area (Å²) < 4.78 is 51.5. The first-order valence-corrected chi connectivity index (χ1v) is 10.6. The third-order valence-corrected chi connectivity index (χ3v) is 6.89. The summed E-state index contributed by atoms with van der Waals surface area (Å²) in [5.74, 6) is 0.0916. The second-order valence-electron chi connectivity index (χ2n) is 5.73. The van der Waals surface area contributed by atoms with Gasteiger partial charge >= 0.3 is 0 Å². The van der Waals surface area contributed by atoms with Crippen LogP contribution < -0.4 is 10.5 Å². The van der Waals surface area contributed by atoms with Crippen LogP contribution >= 0.6 is 0 Å². The van der Waals surface area contributed by atoms with Crippen LogP contribution in [0.3, 0.4) is 0 Å². The number of sulfone groups is 1. The number of hydrogen-bond donors (Lipinski definition) is 2. The van der Waals surface area contributed by atoms with E-state index in [1.54, 1.807) is 0 Å². The van der Waals surface area contributed by atoms with Gasteiger partial charge in [0.05, 0.1) is 4.90 Å². The Morgan fingerprint density at radius 3 is 2.27 bits per heavy atom. The molecular weight excluding hydrogens is 324 g/mol. The molecule has 8 heteroatoms. The molecule has 1 aromatic rings. The van der Waals surface area contributed by atoms with E-state index in [4.69, 9.17) is 5.73 Å². The Morgan fingerprint density at radius 2 is 1.68 bits per heavy atom. The van der Waals surface area contributed by atoms with Crippen LogP contribution in [0.4, 0.5) is 0 Å². The SMILES string of the molecule is CS(=O)(=O)c1ccccc1S(=O)(=O)N[C@H]1CCCC[C@H]1CN. The largest absolute Gasteiger partial charge is 0.330 e. The molecule has 3 N–H and O–H groups in total. The summed E-state index contributed by atoms with van der Waals surface area (Å²) >= 11 is 0. The van der Waals surface area contributed by atoms with Crippen LogP contribution in [0.2, 0.25) is 0 Å². The Bertz CT molecular complexity index is 729. The van der Waals surface area contributed by atoms with Gasteiger partial charge in [-0.3, -0.25) is 0 Å². The van der Waals surface area contributed by atoms with Gasteiger partial charge in [0.25, 0.3) is 0 Å². The van der Waals surface area contributed by atoms with E-state index in [0.29, 0.717) is 6.54 Å². The molecule has 0 saturated heterocycles. The first-order valence-electron chi connectivity index (χ1n) is 7.27. The van der Waals surface area contributed by atoms with Crippen LogP contribution in [0.25, 0.3) is 0 Å². The smallest absolute Gasteiger partial charge is 0.242 e. The first kappa shape index (κ1) is 17.4. The fourth-order valence-corrected chi connectivity index (χ4v) is 5.86. The Kier molecular flexibility index (Phi) is 5.26. The van der Waals surface area contributed by atoms with E-state index in [1.807, 2.05) is 0 Å². The normalized spacial score (nSPS) is 23.4. The second-order valence-corrected chi connectivity index (χ2v) is 9.39. The molecule has 0 spiro atoms. The number of rotatable bonds is 5. The van der Waals surface area contributed by atoms with Gasteiger partial charge in [0.15, 0.2) is 9.84 Å². The topological polar surface area (TPSA) is 106 Å². The zero-order valence-electron chi connectivity index (χ0n) is 12.5. The molecule has 1 aliphatic carbocycles. The molecule has 124 valence electrons. The van der Waals surface area contributed by atoms with E-state index in [2.05, 4.69) is 4.72 Å². The molecule has 0 bridgehead atoms. The molecule has 22 heavy (non-hydrogen) atoms. The lowest BCUT2D eigenvalue weighted by atomic mass is 9.85. The maximum absolute atomic E-state index is 12.6. The average Bonchev–Trinajstić information content (AvgIpc) is 2.46. The van der Waals surface area contributed by atoms with Crippen LogP contribution in [-0.2, 0) is 19.9 Å². The summed E-state index contributed by atoms with van der Waals surface area (Å²) in [4.78, 5) is -0.374. The van der Waals surface area contributed by atoms with E-state index >= 15 is 0 Å². The Hall–Kier alpha value is -0.960. The van der Waals surface area contributed by atoms with Crippen molar-refractivity contribution in [3.05, 3.63) is 24.3 Å². The van der Waals surface area contributed by atoms with Gasteiger partial charge in [0.2, 0.25) is 10.0 Å². The highest BCUT2D eigenvalue weighted by atomic mass is 32.2. The molecule has 0 amide bonds. The van der Waals surface area contributed by atoms with E-state index in [0.717, 1.165) is 31.9 Å². The predicted molar refractivity (Wildman–Crippen MR) is 84.7 cm³/mol. The Balaban J connectivity index is 2.35. The number of benzene rings is 1. The summed E-state index contributed by atoms with van der Waals surface area (Å²) in [6.07, 6.45) is 4.60. The molecule has 0 unspecified atom stereocenters. The van der Waals surface area contributed by atoms with E-state index in [1.165, 1.54) is 24.3 Å². The minimum Gasteiger partial charge on any atom is -0.330 e. The Morgan fingerprint density at radius 1 is 1.09 bits per heavy atom. The minimum absolute atomic E-state index is 0.0916. The van der Waals surface area contributed by atoms with E-state index < -0.39 is 19.9 Å². The summed E-state index contributed by atoms with van der Waals surface area (Å²) in [5, 5.41) is 0. The van der Waals surface area contributed by atoms with Crippen molar-refractivity contribution in [1.29, 1.82) is 0 Å². The summed E-state index contributed by atoms with van der Waals surface area (Å²) in [6, 6.07) is 5.42.